The minimum Gasteiger partial charge on any atom is -0.316 e. The first-order chi connectivity index (χ1) is 13.4. The Hall–Kier alpha value is -3.06. The molecule has 0 saturated carbocycles. The van der Waals surface area contributed by atoms with Crippen LogP contribution in [0.15, 0.2) is 47.5 Å². The van der Waals surface area contributed by atoms with Crippen LogP contribution in [0.25, 0.3) is 16.3 Å². The molecule has 3 rings (SSSR count). The maximum absolute atomic E-state index is 12.4. The number of thiazole rings is 1. The number of nitrogens with zero attached hydrogens (tertiary/aromatic N) is 3. The molecular weight excluding hydrogens is 374 g/mol. The Labute approximate surface area is 166 Å². The van der Waals surface area contributed by atoms with Crippen molar-refractivity contribution in [1.82, 2.24) is 4.57 Å². The van der Waals surface area contributed by atoms with E-state index in [9.17, 15) is 14.9 Å². The fraction of sp³-hybridized carbons (Fsp3) is 0.238. The Kier molecular flexibility index (Phi) is 5.84. The average molecular weight is 395 g/mol. The van der Waals surface area contributed by atoms with Crippen molar-refractivity contribution in [2.45, 2.75) is 33.7 Å². The summed E-state index contributed by atoms with van der Waals surface area (Å²) in [6, 6.07) is 10.3. The third-order valence-corrected chi connectivity index (χ3v) is 5.51. The van der Waals surface area contributed by atoms with Gasteiger partial charge in [0, 0.05) is 24.8 Å². The van der Waals surface area contributed by atoms with Crippen molar-refractivity contribution in [2.75, 3.05) is 0 Å². The summed E-state index contributed by atoms with van der Waals surface area (Å²) < 4.78 is 3.20. The molecule has 0 N–H and O–H groups in total. The quantitative estimate of drug-likeness (QED) is 0.354. The maximum Gasteiger partial charge on any atom is 0.272 e. The molecule has 28 heavy (non-hydrogen) atoms. The number of aromatic nitrogens is 1. The normalized spacial score (nSPS) is 12.2. The SMILES string of the molecule is CCCn1c(=NC(=O)/C=C\c2ccc([N+](=O)[O-])cc2)sc2cc(C)c(C)cc21. The third kappa shape index (κ3) is 4.26. The van der Waals surface area contributed by atoms with Gasteiger partial charge in [-0.3, -0.25) is 14.9 Å². The molecule has 0 radical (unpaired) electrons. The minimum atomic E-state index is -0.453. The summed E-state index contributed by atoms with van der Waals surface area (Å²) in [5.74, 6) is -0.358. The van der Waals surface area contributed by atoms with Crippen LogP contribution in [-0.2, 0) is 11.3 Å². The van der Waals surface area contributed by atoms with Gasteiger partial charge >= 0.3 is 0 Å². The van der Waals surface area contributed by atoms with Crippen LogP contribution in [0.1, 0.15) is 30.0 Å². The Balaban J connectivity index is 1.93. The van der Waals surface area contributed by atoms with Gasteiger partial charge in [-0.25, -0.2) is 0 Å². The number of hydrogen-bond donors (Lipinski definition) is 0. The lowest BCUT2D eigenvalue weighted by Crippen LogP contribution is -2.16. The first-order valence-electron chi connectivity index (χ1n) is 9.01. The van der Waals surface area contributed by atoms with Crippen molar-refractivity contribution in [3.63, 3.8) is 0 Å². The lowest BCUT2D eigenvalue weighted by Gasteiger charge is -2.04. The van der Waals surface area contributed by atoms with Crippen LogP contribution in [-0.4, -0.2) is 15.4 Å². The smallest absolute Gasteiger partial charge is 0.272 e. The highest BCUT2D eigenvalue weighted by molar-refractivity contribution is 7.16. The van der Waals surface area contributed by atoms with E-state index in [-0.39, 0.29) is 11.6 Å². The number of carbonyl (C=O) groups excluding carboxylic acids is 1. The topological polar surface area (TPSA) is 77.5 Å². The molecule has 0 aliphatic rings. The number of nitro groups is 1. The number of nitro benzene ring substituents is 1. The molecular formula is C21H21N3O3S. The molecule has 0 aliphatic heterocycles. The maximum atomic E-state index is 12.4. The second-order valence-electron chi connectivity index (χ2n) is 6.57. The van der Waals surface area contributed by atoms with E-state index >= 15 is 0 Å². The van der Waals surface area contributed by atoms with Crippen molar-refractivity contribution in [2.24, 2.45) is 4.99 Å². The lowest BCUT2D eigenvalue weighted by atomic mass is 10.1. The minimum absolute atomic E-state index is 0.0182. The molecule has 2 aromatic carbocycles. The van der Waals surface area contributed by atoms with Gasteiger partial charge in [0.15, 0.2) is 4.80 Å². The molecule has 0 bridgehead atoms. The molecule has 1 heterocycles. The molecule has 3 aromatic rings. The van der Waals surface area contributed by atoms with Gasteiger partial charge in [-0.1, -0.05) is 18.3 Å². The molecule has 0 saturated heterocycles. The number of hydrogen-bond acceptors (Lipinski definition) is 4. The van der Waals surface area contributed by atoms with Crippen LogP contribution in [0.5, 0.6) is 0 Å². The van der Waals surface area contributed by atoms with Crippen LogP contribution in [0.4, 0.5) is 5.69 Å². The van der Waals surface area contributed by atoms with E-state index in [0.29, 0.717) is 10.4 Å². The van der Waals surface area contributed by atoms with E-state index in [0.717, 1.165) is 23.2 Å². The summed E-state index contributed by atoms with van der Waals surface area (Å²) in [5.41, 5.74) is 4.25. The zero-order valence-electron chi connectivity index (χ0n) is 16.0. The highest BCUT2D eigenvalue weighted by Crippen LogP contribution is 2.22. The van der Waals surface area contributed by atoms with Gasteiger partial charge in [-0.15, -0.1) is 0 Å². The summed E-state index contributed by atoms with van der Waals surface area (Å²) in [5, 5.41) is 10.7. The zero-order valence-corrected chi connectivity index (χ0v) is 16.8. The highest BCUT2D eigenvalue weighted by Gasteiger charge is 2.09. The van der Waals surface area contributed by atoms with E-state index in [1.54, 1.807) is 18.2 Å². The second kappa shape index (κ2) is 8.31. The number of carbonyl (C=O) groups is 1. The van der Waals surface area contributed by atoms with E-state index < -0.39 is 4.92 Å². The predicted molar refractivity (Wildman–Crippen MR) is 112 cm³/mol. The summed E-state index contributed by atoms with van der Waals surface area (Å²) in [6.07, 6.45) is 3.94. The van der Waals surface area contributed by atoms with Crippen molar-refractivity contribution < 1.29 is 9.72 Å². The number of non-ortho nitro benzene ring substituents is 1. The first-order valence-corrected chi connectivity index (χ1v) is 9.82. The van der Waals surface area contributed by atoms with Gasteiger partial charge in [-0.2, -0.15) is 4.99 Å². The monoisotopic (exact) mass is 395 g/mol. The van der Waals surface area contributed by atoms with Crippen molar-refractivity contribution in [1.29, 1.82) is 0 Å². The lowest BCUT2D eigenvalue weighted by molar-refractivity contribution is -0.384. The number of fused-ring (bicyclic) bond motifs is 1. The van der Waals surface area contributed by atoms with E-state index in [1.165, 1.54) is 40.7 Å². The Morgan fingerprint density at radius 2 is 1.89 bits per heavy atom. The Morgan fingerprint density at radius 3 is 2.54 bits per heavy atom. The number of aryl methyl sites for hydroxylation is 3. The fourth-order valence-electron chi connectivity index (χ4n) is 2.85. The van der Waals surface area contributed by atoms with E-state index in [1.807, 2.05) is 0 Å². The first kappa shape index (κ1) is 19.7. The van der Waals surface area contributed by atoms with Crippen LogP contribution in [0.2, 0.25) is 0 Å². The van der Waals surface area contributed by atoms with Gasteiger partial charge in [0.05, 0.1) is 15.1 Å². The summed E-state index contributed by atoms with van der Waals surface area (Å²) in [6.45, 7) is 7.05. The van der Waals surface area contributed by atoms with Gasteiger partial charge in [0.2, 0.25) is 0 Å². The van der Waals surface area contributed by atoms with Gasteiger partial charge in [0.1, 0.15) is 0 Å². The summed E-state index contributed by atoms with van der Waals surface area (Å²) in [7, 11) is 0. The molecule has 0 spiro atoms. The number of amides is 1. The van der Waals surface area contributed by atoms with Gasteiger partial charge < -0.3 is 4.57 Å². The van der Waals surface area contributed by atoms with Crippen LogP contribution >= 0.6 is 11.3 Å². The summed E-state index contributed by atoms with van der Waals surface area (Å²) in [4.78, 5) is 27.6. The largest absolute Gasteiger partial charge is 0.316 e. The van der Waals surface area contributed by atoms with E-state index in [2.05, 4.69) is 42.5 Å². The highest BCUT2D eigenvalue weighted by atomic mass is 32.1. The predicted octanol–water partition coefficient (Wildman–Crippen LogP) is 4.78. The molecule has 0 fully saturated rings. The molecule has 0 atom stereocenters. The van der Waals surface area contributed by atoms with Crippen LogP contribution < -0.4 is 4.80 Å². The standard InChI is InChI=1S/C21H21N3O3S/c1-4-11-23-18-12-14(2)15(3)13-19(18)28-21(23)22-20(25)10-7-16-5-8-17(9-6-16)24(26)27/h5-10,12-13H,4,11H2,1-3H3/b10-7-,22-21?. The van der Waals surface area contributed by atoms with E-state index in [4.69, 9.17) is 0 Å². The van der Waals surface area contributed by atoms with Crippen molar-refractivity contribution >= 4 is 39.2 Å². The molecule has 6 nitrogen and oxygen atoms in total. The van der Waals surface area contributed by atoms with Crippen LogP contribution in [0, 0.1) is 24.0 Å². The van der Waals surface area contributed by atoms with Crippen molar-refractivity contribution in [3.05, 3.63) is 74.1 Å². The second-order valence-corrected chi connectivity index (χ2v) is 7.58. The molecule has 1 aromatic heterocycles. The third-order valence-electron chi connectivity index (χ3n) is 4.47. The van der Waals surface area contributed by atoms with Crippen molar-refractivity contribution in [3.8, 4) is 0 Å². The Bertz CT molecular complexity index is 1140. The number of benzene rings is 2. The summed E-state index contributed by atoms with van der Waals surface area (Å²) >= 11 is 1.51. The molecule has 144 valence electrons. The number of rotatable bonds is 5. The Morgan fingerprint density at radius 1 is 1.21 bits per heavy atom. The fourth-order valence-corrected chi connectivity index (χ4v) is 3.99. The van der Waals surface area contributed by atoms with Crippen LogP contribution in [0.3, 0.4) is 0 Å². The van der Waals surface area contributed by atoms with Gasteiger partial charge in [0.25, 0.3) is 11.6 Å². The molecule has 0 unspecified atom stereocenters. The van der Waals surface area contributed by atoms with Gasteiger partial charge in [-0.05, 0) is 67.3 Å². The zero-order chi connectivity index (χ0) is 20.3. The molecule has 0 aliphatic carbocycles. The molecule has 7 heteroatoms. The molecule has 1 amide bonds. The average Bonchev–Trinajstić information content (AvgIpc) is 2.97.